The molecule has 0 fully saturated rings. The van der Waals surface area contributed by atoms with Crippen LogP contribution in [0.1, 0.15) is 25.6 Å². The molecule has 2 unspecified atom stereocenters. The van der Waals surface area contributed by atoms with E-state index in [0.29, 0.717) is 29.3 Å². The summed E-state index contributed by atoms with van der Waals surface area (Å²) in [6.07, 6.45) is 3.37. The molecule has 1 aromatic carbocycles. The monoisotopic (exact) mass is 335 g/mol. The molecule has 0 saturated carbocycles. The molecule has 3 heterocycles. The lowest BCUT2D eigenvalue weighted by Crippen LogP contribution is -2.24. The number of nitrogens with zero attached hydrogens (tertiary/aromatic N) is 3. The van der Waals surface area contributed by atoms with E-state index in [1.807, 2.05) is 12.1 Å². The van der Waals surface area contributed by atoms with Gasteiger partial charge in [-0.25, -0.2) is 9.37 Å². The first-order valence-electron chi connectivity index (χ1n) is 8.37. The summed E-state index contributed by atoms with van der Waals surface area (Å²) in [5, 5.41) is 0. The van der Waals surface area contributed by atoms with Crippen LogP contribution in [0.2, 0.25) is 0 Å². The van der Waals surface area contributed by atoms with Crippen LogP contribution < -0.4 is 5.56 Å². The van der Waals surface area contributed by atoms with Gasteiger partial charge in [-0.2, -0.15) is 0 Å². The van der Waals surface area contributed by atoms with Crippen molar-refractivity contribution in [1.29, 1.82) is 0 Å². The van der Waals surface area contributed by atoms with Gasteiger partial charge in [0, 0.05) is 30.4 Å². The average molecular weight is 335 g/mol. The summed E-state index contributed by atoms with van der Waals surface area (Å²) in [5.74, 6) is 1.06. The lowest BCUT2D eigenvalue weighted by molar-refractivity contribution is 0.498. The Morgan fingerprint density at radius 3 is 2.40 bits per heavy atom. The Bertz CT molecular complexity index is 980. The van der Waals surface area contributed by atoms with Crippen molar-refractivity contribution in [2.75, 3.05) is 0 Å². The molecule has 0 spiro atoms. The smallest absolute Gasteiger partial charge is 0.262 e. The first kappa shape index (κ1) is 15.7. The Labute approximate surface area is 145 Å². The lowest BCUT2D eigenvalue weighted by Gasteiger charge is -2.14. The maximum atomic E-state index is 13.3. The maximum absolute atomic E-state index is 13.3. The highest BCUT2D eigenvalue weighted by molar-refractivity contribution is 5.80. The van der Waals surface area contributed by atoms with Gasteiger partial charge in [0.05, 0.1) is 11.3 Å². The number of fused-ring (bicyclic) bond motifs is 1. The fourth-order valence-electron chi connectivity index (χ4n) is 3.39. The van der Waals surface area contributed by atoms with Crippen molar-refractivity contribution in [3.63, 3.8) is 0 Å². The predicted octanol–water partition coefficient (Wildman–Crippen LogP) is 3.86. The number of hydrogen-bond acceptors (Lipinski definition) is 3. The lowest BCUT2D eigenvalue weighted by atomic mass is 9.98. The van der Waals surface area contributed by atoms with Crippen molar-refractivity contribution in [1.82, 2.24) is 14.5 Å². The van der Waals surface area contributed by atoms with Crippen LogP contribution >= 0.6 is 0 Å². The van der Waals surface area contributed by atoms with Gasteiger partial charge in [0.15, 0.2) is 0 Å². The largest absolute Gasteiger partial charge is 0.296 e. The standard InChI is InChI=1S/C20H18FN3O/c1-12-11-24-19(13(12)2)23-18(15-7-9-22-10-8-15)17(20(24)25)14-3-5-16(21)6-4-14/h3-10,12-13H,11H2,1-2H3. The van der Waals surface area contributed by atoms with Crippen molar-refractivity contribution < 1.29 is 4.39 Å². The molecular formula is C20H18FN3O. The summed E-state index contributed by atoms with van der Waals surface area (Å²) in [4.78, 5) is 22.1. The second kappa shape index (κ2) is 5.92. The highest BCUT2D eigenvalue weighted by Gasteiger charge is 2.31. The SMILES string of the molecule is CC1Cn2c(nc(-c3ccncc3)c(-c3ccc(F)cc3)c2=O)C1C. The predicted molar refractivity (Wildman–Crippen MR) is 94.7 cm³/mol. The number of benzene rings is 1. The van der Waals surface area contributed by atoms with E-state index < -0.39 is 0 Å². The normalized spacial score (nSPS) is 19.0. The first-order valence-corrected chi connectivity index (χ1v) is 8.37. The van der Waals surface area contributed by atoms with E-state index in [9.17, 15) is 9.18 Å². The first-order chi connectivity index (χ1) is 12.1. The summed E-state index contributed by atoms with van der Waals surface area (Å²) >= 11 is 0. The van der Waals surface area contributed by atoms with Crippen LogP contribution in [-0.4, -0.2) is 14.5 Å². The highest BCUT2D eigenvalue weighted by atomic mass is 19.1. The topological polar surface area (TPSA) is 47.8 Å². The van der Waals surface area contributed by atoms with Crippen molar-refractivity contribution in [2.24, 2.45) is 5.92 Å². The molecule has 0 saturated heterocycles. The Morgan fingerprint density at radius 1 is 1.04 bits per heavy atom. The minimum absolute atomic E-state index is 0.0698. The summed E-state index contributed by atoms with van der Waals surface area (Å²) in [6.45, 7) is 4.89. The third-order valence-corrected chi connectivity index (χ3v) is 5.02. The van der Waals surface area contributed by atoms with Crippen molar-refractivity contribution in [3.05, 3.63) is 70.8 Å². The fraction of sp³-hybridized carbons (Fsp3) is 0.250. The summed E-state index contributed by atoms with van der Waals surface area (Å²) in [7, 11) is 0. The van der Waals surface area contributed by atoms with Crippen LogP contribution in [0.5, 0.6) is 0 Å². The zero-order valence-corrected chi connectivity index (χ0v) is 14.1. The summed E-state index contributed by atoms with van der Waals surface area (Å²) in [6, 6.07) is 9.69. The van der Waals surface area contributed by atoms with Gasteiger partial charge in [0.1, 0.15) is 11.6 Å². The number of aromatic nitrogens is 3. The minimum atomic E-state index is -0.328. The molecule has 4 rings (SSSR count). The van der Waals surface area contributed by atoms with Crippen LogP contribution in [0.4, 0.5) is 4.39 Å². The Morgan fingerprint density at radius 2 is 1.72 bits per heavy atom. The molecule has 1 aliphatic rings. The van der Waals surface area contributed by atoms with Crippen LogP contribution in [0, 0.1) is 11.7 Å². The van der Waals surface area contributed by atoms with E-state index in [1.165, 1.54) is 12.1 Å². The zero-order chi connectivity index (χ0) is 17.6. The molecule has 25 heavy (non-hydrogen) atoms. The van der Waals surface area contributed by atoms with E-state index >= 15 is 0 Å². The number of hydrogen-bond donors (Lipinski definition) is 0. The number of rotatable bonds is 2. The van der Waals surface area contributed by atoms with Crippen molar-refractivity contribution >= 4 is 0 Å². The molecule has 0 radical (unpaired) electrons. The molecule has 0 amide bonds. The summed E-state index contributed by atoms with van der Waals surface area (Å²) in [5.41, 5.74) is 2.58. The van der Waals surface area contributed by atoms with Gasteiger partial charge in [0.2, 0.25) is 0 Å². The molecule has 4 nitrogen and oxygen atoms in total. The number of pyridine rings is 1. The van der Waals surface area contributed by atoms with Crippen LogP contribution in [0.25, 0.3) is 22.4 Å². The van der Waals surface area contributed by atoms with E-state index in [-0.39, 0.29) is 17.3 Å². The van der Waals surface area contributed by atoms with Crippen molar-refractivity contribution in [2.45, 2.75) is 26.3 Å². The van der Waals surface area contributed by atoms with E-state index in [1.54, 1.807) is 29.1 Å². The zero-order valence-electron chi connectivity index (χ0n) is 14.1. The molecule has 3 aromatic rings. The Hall–Kier alpha value is -2.82. The van der Waals surface area contributed by atoms with Gasteiger partial charge in [0.25, 0.3) is 5.56 Å². The molecule has 1 aliphatic heterocycles. The second-order valence-corrected chi connectivity index (χ2v) is 6.62. The molecule has 126 valence electrons. The summed E-state index contributed by atoms with van der Waals surface area (Å²) < 4.78 is 15.1. The second-order valence-electron chi connectivity index (χ2n) is 6.62. The minimum Gasteiger partial charge on any atom is -0.296 e. The fourth-order valence-corrected chi connectivity index (χ4v) is 3.39. The van der Waals surface area contributed by atoms with E-state index in [2.05, 4.69) is 18.8 Å². The van der Waals surface area contributed by atoms with Crippen LogP contribution in [0.15, 0.2) is 53.6 Å². The van der Waals surface area contributed by atoms with Gasteiger partial charge in [-0.3, -0.25) is 14.3 Å². The third-order valence-electron chi connectivity index (χ3n) is 5.02. The van der Waals surface area contributed by atoms with Crippen LogP contribution in [-0.2, 0) is 6.54 Å². The maximum Gasteiger partial charge on any atom is 0.262 e. The molecule has 0 aliphatic carbocycles. The molecule has 0 bridgehead atoms. The molecule has 0 N–H and O–H groups in total. The molecule has 2 aromatic heterocycles. The van der Waals surface area contributed by atoms with E-state index in [4.69, 9.17) is 4.98 Å². The molecule has 2 atom stereocenters. The van der Waals surface area contributed by atoms with Gasteiger partial charge < -0.3 is 0 Å². The van der Waals surface area contributed by atoms with Crippen molar-refractivity contribution in [3.8, 4) is 22.4 Å². The Kier molecular flexibility index (Phi) is 3.71. The van der Waals surface area contributed by atoms with E-state index in [0.717, 1.165) is 11.4 Å². The highest BCUT2D eigenvalue weighted by Crippen LogP contribution is 2.35. The van der Waals surface area contributed by atoms with Gasteiger partial charge in [-0.1, -0.05) is 26.0 Å². The Balaban J connectivity index is 2.04. The average Bonchev–Trinajstić information content (AvgIpc) is 2.92. The van der Waals surface area contributed by atoms with Gasteiger partial charge in [-0.05, 0) is 35.7 Å². The van der Waals surface area contributed by atoms with Gasteiger partial charge >= 0.3 is 0 Å². The van der Waals surface area contributed by atoms with Gasteiger partial charge in [-0.15, -0.1) is 0 Å². The third kappa shape index (κ3) is 2.56. The molecule has 5 heteroatoms. The van der Waals surface area contributed by atoms with Crippen LogP contribution in [0.3, 0.4) is 0 Å². The molecular weight excluding hydrogens is 317 g/mol. The number of halogens is 1. The quantitative estimate of drug-likeness (QED) is 0.714.